The van der Waals surface area contributed by atoms with Gasteiger partial charge in [-0.25, -0.2) is 4.68 Å². The van der Waals surface area contributed by atoms with Crippen LogP contribution in [-0.2, 0) is 20.0 Å². The molecule has 2 rings (SSSR count). The Morgan fingerprint density at radius 2 is 2.35 bits per heavy atom. The van der Waals surface area contributed by atoms with Gasteiger partial charge in [0.2, 0.25) is 5.16 Å². The number of tetrazole rings is 1. The van der Waals surface area contributed by atoms with Crippen molar-refractivity contribution in [1.29, 1.82) is 0 Å². The van der Waals surface area contributed by atoms with Crippen LogP contribution in [0.5, 0.6) is 0 Å². The molecule has 0 saturated heterocycles. The van der Waals surface area contributed by atoms with Gasteiger partial charge in [-0.1, -0.05) is 11.8 Å². The van der Waals surface area contributed by atoms with Crippen LogP contribution in [0.1, 0.15) is 5.69 Å². The number of aromatic nitrogens is 6. The number of hydrogen-bond donors (Lipinski definition) is 1. The topological polar surface area (TPSA) is 87.4 Å². The summed E-state index contributed by atoms with van der Waals surface area (Å²) in [7, 11) is 1.94. The van der Waals surface area contributed by atoms with Crippen molar-refractivity contribution in [2.24, 2.45) is 12.8 Å². The predicted molar refractivity (Wildman–Crippen MR) is 64.5 cm³/mol. The molecule has 92 valence electrons. The minimum absolute atomic E-state index is 0.542. The standard InChI is InChI=1S/C9H15N7S/c1-15-8(2-5-11-15)3-7-17-9-12-13-14-16(9)6-4-10/h2,5H,3-4,6-7,10H2,1H3. The summed E-state index contributed by atoms with van der Waals surface area (Å²) < 4.78 is 3.61. The van der Waals surface area contributed by atoms with Gasteiger partial charge in [-0.3, -0.25) is 4.68 Å². The number of nitrogens with two attached hydrogens (primary N) is 1. The molecule has 0 aliphatic rings. The lowest BCUT2D eigenvalue weighted by Gasteiger charge is -2.03. The van der Waals surface area contributed by atoms with Crippen LogP contribution in [0, 0.1) is 0 Å². The Hall–Kier alpha value is -1.41. The lowest BCUT2D eigenvalue weighted by atomic mass is 10.3. The molecular formula is C9H15N7S. The van der Waals surface area contributed by atoms with E-state index in [1.54, 1.807) is 22.6 Å². The van der Waals surface area contributed by atoms with Gasteiger partial charge in [0, 0.05) is 31.2 Å². The van der Waals surface area contributed by atoms with Crippen LogP contribution in [0.25, 0.3) is 0 Å². The third-order valence-electron chi connectivity index (χ3n) is 2.35. The zero-order valence-corrected chi connectivity index (χ0v) is 10.5. The van der Waals surface area contributed by atoms with Gasteiger partial charge in [0.05, 0.1) is 6.54 Å². The van der Waals surface area contributed by atoms with Crippen molar-refractivity contribution in [3.8, 4) is 0 Å². The molecule has 0 aromatic carbocycles. The minimum Gasteiger partial charge on any atom is -0.329 e. The second-order valence-electron chi connectivity index (χ2n) is 3.52. The van der Waals surface area contributed by atoms with Crippen molar-refractivity contribution in [3.05, 3.63) is 18.0 Å². The quantitative estimate of drug-likeness (QED) is 0.711. The molecule has 2 aromatic rings. The van der Waals surface area contributed by atoms with Gasteiger partial charge >= 0.3 is 0 Å². The summed E-state index contributed by atoms with van der Waals surface area (Å²) in [6.07, 6.45) is 2.75. The zero-order chi connectivity index (χ0) is 12.1. The van der Waals surface area contributed by atoms with E-state index in [0.29, 0.717) is 13.1 Å². The van der Waals surface area contributed by atoms with Crippen molar-refractivity contribution in [2.45, 2.75) is 18.1 Å². The van der Waals surface area contributed by atoms with Crippen molar-refractivity contribution in [1.82, 2.24) is 30.0 Å². The lowest BCUT2D eigenvalue weighted by Crippen LogP contribution is -2.12. The van der Waals surface area contributed by atoms with E-state index >= 15 is 0 Å². The Morgan fingerprint density at radius 1 is 1.47 bits per heavy atom. The van der Waals surface area contributed by atoms with E-state index in [1.165, 1.54) is 5.69 Å². The molecular weight excluding hydrogens is 238 g/mol. The van der Waals surface area contributed by atoms with Crippen molar-refractivity contribution in [3.63, 3.8) is 0 Å². The molecule has 2 aromatic heterocycles. The van der Waals surface area contributed by atoms with Crippen LogP contribution in [0.3, 0.4) is 0 Å². The molecule has 0 amide bonds. The number of hydrogen-bond acceptors (Lipinski definition) is 6. The number of nitrogens with zero attached hydrogens (tertiary/aromatic N) is 6. The second-order valence-corrected chi connectivity index (χ2v) is 4.58. The van der Waals surface area contributed by atoms with Gasteiger partial charge in [0.25, 0.3) is 0 Å². The highest BCUT2D eigenvalue weighted by molar-refractivity contribution is 7.99. The zero-order valence-electron chi connectivity index (χ0n) is 9.65. The molecule has 0 saturated carbocycles. The van der Waals surface area contributed by atoms with E-state index in [0.717, 1.165) is 17.3 Å². The van der Waals surface area contributed by atoms with E-state index in [1.807, 2.05) is 17.8 Å². The van der Waals surface area contributed by atoms with Crippen LogP contribution in [0.4, 0.5) is 0 Å². The third-order valence-corrected chi connectivity index (χ3v) is 3.31. The van der Waals surface area contributed by atoms with Gasteiger partial charge < -0.3 is 5.73 Å². The highest BCUT2D eigenvalue weighted by Crippen LogP contribution is 2.15. The molecule has 2 N–H and O–H groups in total. The fourth-order valence-electron chi connectivity index (χ4n) is 1.46. The van der Waals surface area contributed by atoms with E-state index < -0.39 is 0 Å². The average Bonchev–Trinajstić information content (AvgIpc) is 2.90. The maximum absolute atomic E-state index is 5.48. The fraction of sp³-hybridized carbons (Fsp3) is 0.556. The Balaban J connectivity index is 1.86. The molecule has 2 heterocycles. The van der Waals surface area contributed by atoms with E-state index in [-0.39, 0.29) is 0 Å². The molecule has 0 unspecified atom stereocenters. The number of rotatable bonds is 6. The van der Waals surface area contributed by atoms with Gasteiger partial charge in [-0.2, -0.15) is 5.10 Å². The average molecular weight is 253 g/mol. The van der Waals surface area contributed by atoms with Crippen molar-refractivity contribution >= 4 is 11.8 Å². The minimum atomic E-state index is 0.542. The number of aryl methyl sites for hydroxylation is 2. The van der Waals surface area contributed by atoms with Gasteiger partial charge in [-0.15, -0.1) is 5.10 Å². The molecule has 0 radical (unpaired) electrons. The molecule has 0 bridgehead atoms. The summed E-state index contributed by atoms with van der Waals surface area (Å²) in [6.45, 7) is 1.20. The molecule has 17 heavy (non-hydrogen) atoms. The van der Waals surface area contributed by atoms with Crippen molar-refractivity contribution in [2.75, 3.05) is 12.3 Å². The SMILES string of the molecule is Cn1nccc1CCSc1nnnn1CCN. The first-order valence-corrected chi connectivity index (χ1v) is 6.35. The molecule has 0 atom stereocenters. The van der Waals surface area contributed by atoms with E-state index in [9.17, 15) is 0 Å². The monoisotopic (exact) mass is 253 g/mol. The first-order chi connectivity index (χ1) is 8.31. The van der Waals surface area contributed by atoms with Gasteiger partial charge in [-0.05, 0) is 22.9 Å². The van der Waals surface area contributed by atoms with Gasteiger partial charge in [0.15, 0.2) is 0 Å². The summed E-state index contributed by atoms with van der Waals surface area (Å²) in [6, 6.07) is 2.02. The Kier molecular flexibility index (Phi) is 4.10. The molecule has 0 fully saturated rings. The molecule has 0 aliphatic carbocycles. The maximum Gasteiger partial charge on any atom is 0.209 e. The van der Waals surface area contributed by atoms with Gasteiger partial charge in [0.1, 0.15) is 0 Å². The first-order valence-electron chi connectivity index (χ1n) is 5.37. The van der Waals surface area contributed by atoms with E-state index in [2.05, 4.69) is 20.6 Å². The first kappa shape index (κ1) is 12.1. The lowest BCUT2D eigenvalue weighted by molar-refractivity contribution is 0.557. The van der Waals surface area contributed by atoms with Crippen LogP contribution >= 0.6 is 11.8 Å². The third kappa shape index (κ3) is 3.04. The Labute approximate surface area is 103 Å². The molecule has 0 aliphatic heterocycles. The summed E-state index contributed by atoms with van der Waals surface area (Å²) in [5.74, 6) is 0.921. The van der Waals surface area contributed by atoms with Crippen LogP contribution in [-0.4, -0.2) is 42.3 Å². The fourth-order valence-corrected chi connectivity index (χ4v) is 2.32. The van der Waals surface area contributed by atoms with Crippen molar-refractivity contribution < 1.29 is 0 Å². The van der Waals surface area contributed by atoms with Crippen LogP contribution in [0.15, 0.2) is 17.4 Å². The highest BCUT2D eigenvalue weighted by atomic mass is 32.2. The smallest absolute Gasteiger partial charge is 0.209 e. The molecule has 7 nitrogen and oxygen atoms in total. The maximum atomic E-state index is 5.48. The van der Waals surface area contributed by atoms with Crippen LogP contribution in [0.2, 0.25) is 0 Å². The summed E-state index contributed by atoms with van der Waals surface area (Å²) in [5.41, 5.74) is 6.68. The predicted octanol–water partition coefficient (Wildman–Crippen LogP) is -0.300. The Morgan fingerprint density at radius 3 is 3.06 bits per heavy atom. The van der Waals surface area contributed by atoms with E-state index in [4.69, 9.17) is 5.73 Å². The number of thioether (sulfide) groups is 1. The highest BCUT2D eigenvalue weighted by Gasteiger charge is 2.06. The second kappa shape index (κ2) is 5.78. The molecule has 8 heteroatoms. The molecule has 0 spiro atoms. The summed E-state index contributed by atoms with van der Waals surface area (Å²) in [5, 5.41) is 16.4. The summed E-state index contributed by atoms with van der Waals surface area (Å²) in [4.78, 5) is 0. The Bertz CT molecular complexity index is 463. The van der Waals surface area contributed by atoms with Crippen LogP contribution < -0.4 is 5.73 Å². The summed E-state index contributed by atoms with van der Waals surface area (Å²) >= 11 is 1.63. The normalized spacial score (nSPS) is 10.9. The largest absolute Gasteiger partial charge is 0.329 e.